The molecule has 0 saturated heterocycles. The molecule has 2 heteroatoms. The van der Waals surface area contributed by atoms with Gasteiger partial charge in [0, 0.05) is 0 Å². The number of aliphatic hydroxyl groups excluding tert-OH is 1. The highest BCUT2D eigenvalue weighted by Gasteiger charge is 2.18. The minimum atomic E-state index is -0.681. The van der Waals surface area contributed by atoms with Crippen LogP contribution in [0.2, 0.25) is 0 Å². The number of hydrogen-bond acceptors (Lipinski definition) is 2. The Morgan fingerprint density at radius 2 is 2.09 bits per heavy atom. The maximum Gasteiger partial charge on any atom is 0.0968 e. The third kappa shape index (κ3) is 4.58. The minimum Gasteiger partial charge on any atom is -0.388 e. The third-order valence-corrected chi connectivity index (χ3v) is 1.35. The Kier molecular flexibility index (Phi) is 3.28. The van der Waals surface area contributed by atoms with Gasteiger partial charge in [0.2, 0.25) is 0 Å². The van der Waals surface area contributed by atoms with E-state index in [1.165, 1.54) is 0 Å². The van der Waals surface area contributed by atoms with Crippen LogP contribution in [0.15, 0.2) is 12.2 Å². The molecule has 0 aromatic rings. The van der Waals surface area contributed by atoms with Gasteiger partial charge in [0.25, 0.3) is 0 Å². The van der Waals surface area contributed by atoms with Crippen molar-refractivity contribution in [3.05, 3.63) is 12.2 Å². The summed E-state index contributed by atoms with van der Waals surface area (Å²) in [4.78, 5) is 0. The van der Waals surface area contributed by atoms with Gasteiger partial charge in [-0.05, 0) is 11.8 Å². The SMILES string of the molecule is C=C(C#N)C(O)CC(C)(C)C. The van der Waals surface area contributed by atoms with Gasteiger partial charge in [-0.15, -0.1) is 0 Å². The van der Waals surface area contributed by atoms with Crippen LogP contribution in [-0.2, 0) is 0 Å². The first-order valence-electron chi connectivity index (χ1n) is 3.64. The lowest BCUT2D eigenvalue weighted by molar-refractivity contribution is 0.156. The Bertz CT molecular complexity index is 183. The zero-order chi connectivity index (χ0) is 9.07. The van der Waals surface area contributed by atoms with Crippen molar-refractivity contribution < 1.29 is 5.11 Å². The molecule has 0 aliphatic carbocycles. The van der Waals surface area contributed by atoms with Crippen molar-refractivity contribution in [2.75, 3.05) is 0 Å². The molecule has 0 saturated carbocycles. The molecule has 0 heterocycles. The molecular weight excluding hydrogens is 138 g/mol. The summed E-state index contributed by atoms with van der Waals surface area (Å²) >= 11 is 0. The number of nitrogens with zero attached hydrogens (tertiary/aromatic N) is 1. The number of nitriles is 1. The minimum absolute atomic E-state index is 0.0409. The molecule has 0 aromatic heterocycles. The van der Waals surface area contributed by atoms with E-state index in [1.807, 2.05) is 26.8 Å². The van der Waals surface area contributed by atoms with Crippen LogP contribution in [0.25, 0.3) is 0 Å². The fourth-order valence-electron chi connectivity index (χ4n) is 0.778. The van der Waals surface area contributed by atoms with Crippen LogP contribution in [0.4, 0.5) is 0 Å². The van der Waals surface area contributed by atoms with Gasteiger partial charge in [0.15, 0.2) is 0 Å². The molecule has 0 aliphatic rings. The van der Waals surface area contributed by atoms with E-state index in [2.05, 4.69) is 6.58 Å². The van der Waals surface area contributed by atoms with Crippen LogP contribution >= 0.6 is 0 Å². The largest absolute Gasteiger partial charge is 0.388 e. The van der Waals surface area contributed by atoms with E-state index in [-0.39, 0.29) is 11.0 Å². The van der Waals surface area contributed by atoms with E-state index in [4.69, 9.17) is 5.26 Å². The molecule has 62 valence electrons. The summed E-state index contributed by atoms with van der Waals surface area (Å²) in [5, 5.41) is 17.7. The Hall–Kier alpha value is -0.810. The van der Waals surface area contributed by atoms with Crippen molar-refractivity contribution in [2.45, 2.75) is 33.3 Å². The second-order valence-electron chi connectivity index (χ2n) is 3.92. The molecule has 0 rings (SSSR count). The van der Waals surface area contributed by atoms with Crippen LogP contribution in [0.3, 0.4) is 0 Å². The van der Waals surface area contributed by atoms with E-state index in [0.717, 1.165) is 0 Å². The smallest absolute Gasteiger partial charge is 0.0968 e. The number of aliphatic hydroxyl groups is 1. The first-order chi connectivity index (χ1) is 4.87. The number of hydrogen-bond donors (Lipinski definition) is 1. The standard InChI is InChI=1S/C9H15NO/c1-7(6-10)8(11)5-9(2,3)4/h8,11H,1,5H2,2-4H3. The summed E-state index contributed by atoms with van der Waals surface area (Å²) in [7, 11) is 0. The van der Waals surface area contributed by atoms with Crippen LogP contribution in [0, 0.1) is 16.7 Å². The molecule has 2 nitrogen and oxygen atoms in total. The summed E-state index contributed by atoms with van der Waals surface area (Å²) in [5.41, 5.74) is 0.291. The topological polar surface area (TPSA) is 44.0 Å². The van der Waals surface area contributed by atoms with Gasteiger partial charge in [0.1, 0.15) is 0 Å². The normalized spacial score (nSPS) is 13.7. The number of rotatable bonds is 2. The van der Waals surface area contributed by atoms with Crippen molar-refractivity contribution in [3.8, 4) is 6.07 Å². The average Bonchev–Trinajstić information content (AvgIpc) is 1.82. The highest BCUT2D eigenvalue weighted by molar-refractivity contribution is 5.20. The highest BCUT2D eigenvalue weighted by Crippen LogP contribution is 2.22. The van der Waals surface area contributed by atoms with E-state index in [0.29, 0.717) is 6.42 Å². The quantitative estimate of drug-likeness (QED) is 0.615. The summed E-state index contributed by atoms with van der Waals surface area (Å²) < 4.78 is 0. The summed E-state index contributed by atoms with van der Waals surface area (Å²) in [6.45, 7) is 9.49. The highest BCUT2D eigenvalue weighted by atomic mass is 16.3. The van der Waals surface area contributed by atoms with E-state index in [1.54, 1.807) is 0 Å². The maximum atomic E-state index is 9.33. The maximum absolute atomic E-state index is 9.33. The van der Waals surface area contributed by atoms with Gasteiger partial charge >= 0.3 is 0 Å². The molecule has 1 N–H and O–H groups in total. The van der Waals surface area contributed by atoms with Crippen molar-refractivity contribution in [2.24, 2.45) is 5.41 Å². The molecule has 1 unspecified atom stereocenters. The zero-order valence-corrected chi connectivity index (χ0v) is 7.39. The summed E-state index contributed by atoms with van der Waals surface area (Å²) in [6, 6.07) is 1.84. The molecular formula is C9H15NO. The predicted molar refractivity (Wildman–Crippen MR) is 44.8 cm³/mol. The zero-order valence-electron chi connectivity index (χ0n) is 7.39. The second kappa shape index (κ2) is 3.54. The lowest BCUT2D eigenvalue weighted by atomic mass is 9.87. The summed E-state index contributed by atoms with van der Waals surface area (Å²) in [5.74, 6) is 0. The molecule has 0 radical (unpaired) electrons. The van der Waals surface area contributed by atoms with Gasteiger partial charge in [-0.2, -0.15) is 5.26 Å². The second-order valence-corrected chi connectivity index (χ2v) is 3.92. The van der Waals surface area contributed by atoms with Crippen molar-refractivity contribution in [1.82, 2.24) is 0 Å². The van der Waals surface area contributed by atoms with Crippen LogP contribution < -0.4 is 0 Å². The van der Waals surface area contributed by atoms with E-state index in [9.17, 15) is 5.11 Å². The van der Waals surface area contributed by atoms with Crippen LogP contribution in [0.5, 0.6) is 0 Å². The molecule has 1 atom stereocenters. The van der Waals surface area contributed by atoms with E-state index >= 15 is 0 Å². The van der Waals surface area contributed by atoms with Crippen LogP contribution in [0.1, 0.15) is 27.2 Å². The van der Waals surface area contributed by atoms with Gasteiger partial charge < -0.3 is 5.11 Å². The average molecular weight is 153 g/mol. The Labute approximate surface area is 68.2 Å². The molecule has 0 aromatic carbocycles. The molecule has 0 spiro atoms. The Balaban J connectivity index is 4.00. The Morgan fingerprint density at radius 1 is 1.64 bits per heavy atom. The first kappa shape index (κ1) is 10.2. The first-order valence-corrected chi connectivity index (χ1v) is 3.64. The lowest BCUT2D eigenvalue weighted by Crippen LogP contribution is -2.18. The van der Waals surface area contributed by atoms with Gasteiger partial charge in [-0.3, -0.25) is 0 Å². The molecule has 0 fully saturated rings. The van der Waals surface area contributed by atoms with Crippen molar-refractivity contribution >= 4 is 0 Å². The molecule has 11 heavy (non-hydrogen) atoms. The van der Waals surface area contributed by atoms with E-state index < -0.39 is 6.10 Å². The van der Waals surface area contributed by atoms with Gasteiger partial charge in [0.05, 0.1) is 17.7 Å². The molecule has 0 aliphatic heterocycles. The van der Waals surface area contributed by atoms with Gasteiger partial charge in [-0.1, -0.05) is 27.4 Å². The third-order valence-electron chi connectivity index (χ3n) is 1.35. The van der Waals surface area contributed by atoms with Crippen molar-refractivity contribution in [3.63, 3.8) is 0 Å². The van der Waals surface area contributed by atoms with Gasteiger partial charge in [-0.25, -0.2) is 0 Å². The monoisotopic (exact) mass is 153 g/mol. The lowest BCUT2D eigenvalue weighted by Gasteiger charge is -2.21. The fourth-order valence-corrected chi connectivity index (χ4v) is 0.778. The predicted octanol–water partition coefficient (Wildman–Crippen LogP) is 1.86. The van der Waals surface area contributed by atoms with Crippen molar-refractivity contribution in [1.29, 1.82) is 5.26 Å². The Morgan fingerprint density at radius 3 is 2.36 bits per heavy atom. The molecule has 0 amide bonds. The fraction of sp³-hybridized carbons (Fsp3) is 0.667. The van der Waals surface area contributed by atoms with Crippen LogP contribution in [-0.4, -0.2) is 11.2 Å². The molecule has 0 bridgehead atoms. The summed E-state index contributed by atoms with van der Waals surface area (Å²) in [6.07, 6.45) is -0.0978.